The number of nitrogens with zero attached hydrogens (tertiary/aromatic N) is 3. The van der Waals surface area contributed by atoms with E-state index in [9.17, 15) is 18.8 Å². The Balaban J connectivity index is 1.77. The lowest BCUT2D eigenvalue weighted by molar-refractivity contribution is -0.130. The van der Waals surface area contributed by atoms with Gasteiger partial charge in [0, 0.05) is 37.5 Å². The number of Topliss-reactive ketones (excluding diaryl/α,β-unsaturated/α-hetero) is 1. The summed E-state index contributed by atoms with van der Waals surface area (Å²) in [5, 5.41) is 0. The number of ether oxygens (including phenoxy) is 1. The molecule has 1 saturated carbocycles. The van der Waals surface area contributed by atoms with Crippen molar-refractivity contribution in [3.8, 4) is 0 Å². The molecule has 9 heteroatoms. The third kappa shape index (κ3) is 6.23. The molecule has 0 bridgehead atoms. The lowest BCUT2D eigenvalue weighted by Crippen LogP contribution is -2.46. The summed E-state index contributed by atoms with van der Waals surface area (Å²) in [4.78, 5) is 46.4. The maximum Gasteiger partial charge on any atom is 0.411 e. The second-order valence-corrected chi connectivity index (χ2v) is 11.2. The smallest absolute Gasteiger partial charge is 0.411 e. The van der Waals surface area contributed by atoms with Crippen LogP contribution in [0.15, 0.2) is 29.4 Å². The Kier molecular flexibility index (Phi) is 7.85. The molecule has 2 amide bonds. The van der Waals surface area contributed by atoms with E-state index in [1.54, 1.807) is 38.8 Å². The van der Waals surface area contributed by atoms with Gasteiger partial charge in [-0.15, -0.1) is 6.58 Å². The number of halogens is 2. The normalized spacial score (nSPS) is 23.3. The van der Waals surface area contributed by atoms with Crippen molar-refractivity contribution in [1.82, 2.24) is 14.8 Å². The van der Waals surface area contributed by atoms with Gasteiger partial charge in [-0.2, -0.15) is 0 Å². The average Bonchev–Trinajstić information content (AvgIpc) is 3.28. The van der Waals surface area contributed by atoms with E-state index >= 15 is 0 Å². The summed E-state index contributed by atoms with van der Waals surface area (Å²) < 4.78 is 19.7. The second-order valence-electron chi connectivity index (χ2n) is 10.4. The third-order valence-corrected chi connectivity index (χ3v) is 6.74. The van der Waals surface area contributed by atoms with Gasteiger partial charge in [-0.3, -0.25) is 14.5 Å². The van der Waals surface area contributed by atoms with Gasteiger partial charge < -0.3 is 9.64 Å². The number of carbonyl (C=O) groups is 3. The summed E-state index contributed by atoms with van der Waals surface area (Å²) in [6.45, 7) is 9.49. The van der Waals surface area contributed by atoms with Crippen LogP contribution in [-0.2, 0) is 20.7 Å². The Bertz CT molecular complexity index is 959. The van der Waals surface area contributed by atoms with E-state index in [2.05, 4.69) is 27.5 Å². The first-order valence-corrected chi connectivity index (χ1v) is 12.4. The Hall–Kier alpha value is -2.29. The van der Waals surface area contributed by atoms with E-state index in [1.165, 1.54) is 17.0 Å². The number of aromatic nitrogens is 1. The Morgan fingerprint density at radius 2 is 2.06 bits per heavy atom. The van der Waals surface area contributed by atoms with Crippen molar-refractivity contribution in [2.75, 3.05) is 13.6 Å². The lowest BCUT2D eigenvalue weighted by Gasteiger charge is -2.29. The van der Waals surface area contributed by atoms with Crippen LogP contribution in [0.25, 0.3) is 0 Å². The highest BCUT2D eigenvalue weighted by atomic mass is 79.9. The molecule has 1 aliphatic heterocycles. The largest absolute Gasteiger partial charge is 0.444 e. The molecule has 0 radical (unpaired) electrons. The summed E-state index contributed by atoms with van der Waals surface area (Å²) in [6.07, 6.45) is 4.26. The van der Waals surface area contributed by atoms with Gasteiger partial charge in [0.15, 0.2) is 5.78 Å². The van der Waals surface area contributed by atoms with Gasteiger partial charge in [-0.25, -0.2) is 14.2 Å². The van der Waals surface area contributed by atoms with Crippen LogP contribution >= 0.6 is 15.9 Å². The highest BCUT2D eigenvalue weighted by Gasteiger charge is 2.68. The zero-order valence-electron chi connectivity index (χ0n) is 20.3. The number of hydrogen-bond donors (Lipinski definition) is 0. The minimum atomic E-state index is -0.711. The summed E-state index contributed by atoms with van der Waals surface area (Å²) in [5.41, 5.74) is -0.751. The van der Waals surface area contributed by atoms with Crippen molar-refractivity contribution in [1.29, 1.82) is 0 Å². The molecule has 0 spiro atoms. The fraction of sp³-hybridized carbons (Fsp3) is 0.600. The van der Waals surface area contributed by atoms with Gasteiger partial charge in [0.2, 0.25) is 5.91 Å². The first-order valence-electron chi connectivity index (χ1n) is 11.6. The zero-order chi connectivity index (χ0) is 25.3. The van der Waals surface area contributed by atoms with Crippen LogP contribution in [0.1, 0.15) is 58.6 Å². The number of likely N-dealkylation sites (tertiary alicyclic amines) is 1. The van der Waals surface area contributed by atoms with Crippen molar-refractivity contribution in [2.24, 2.45) is 5.41 Å². The number of carbonyl (C=O) groups excluding carboxylic acids is 3. The number of hydrogen-bond acceptors (Lipinski definition) is 5. The number of piperidine rings is 1. The Morgan fingerprint density at radius 3 is 2.68 bits per heavy atom. The third-order valence-electron chi connectivity index (χ3n) is 6.34. The monoisotopic (exact) mass is 537 g/mol. The van der Waals surface area contributed by atoms with Crippen LogP contribution in [0, 0.1) is 11.2 Å². The quantitative estimate of drug-likeness (QED) is 0.259. The maximum atomic E-state index is 13.8. The summed E-state index contributed by atoms with van der Waals surface area (Å²) >= 11 is 3.15. The Labute approximate surface area is 208 Å². The molecule has 1 aliphatic carbocycles. The molecule has 2 aliphatic rings. The molecule has 2 heterocycles. The molecule has 186 valence electrons. The molecule has 34 heavy (non-hydrogen) atoms. The van der Waals surface area contributed by atoms with Gasteiger partial charge in [-0.1, -0.05) is 6.08 Å². The summed E-state index contributed by atoms with van der Waals surface area (Å²) in [6, 6.07) is 1.57. The van der Waals surface area contributed by atoms with Gasteiger partial charge in [0.25, 0.3) is 0 Å². The molecule has 1 aromatic rings. The lowest BCUT2D eigenvalue weighted by atomic mass is 9.94. The highest BCUT2D eigenvalue weighted by molar-refractivity contribution is 9.10. The SMILES string of the molecule is C=CCCCC(=O)N(C)C[C@@]12C[C@@H](C(=O)Cc3cc(F)cc(Br)n3)N(C(=O)OC(C)(C)C)[C@@H]1C2. The molecular formula is C25H33BrFN3O4. The molecule has 3 rings (SSSR count). The molecule has 1 aromatic heterocycles. The van der Waals surface area contributed by atoms with Crippen molar-refractivity contribution in [2.45, 2.75) is 77.0 Å². The van der Waals surface area contributed by atoms with Crippen LogP contribution in [0.3, 0.4) is 0 Å². The number of ketones is 1. The maximum absolute atomic E-state index is 13.8. The number of fused-ring (bicyclic) bond motifs is 1. The van der Waals surface area contributed by atoms with Crippen molar-refractivity contribution >= 4 is 33.7 Å². The van der Waals surface area contributed by atoms with Crippen LogP contribution in [-0.4, -0.2) is 63.8 Å². The van der Waals surface area contributed by atoms with E-state index in [0.29, 0.717) is 36.1 Å². The summed E-state index contributed by atoms with van der Waals surface area (Å²) in [7, 11) is 1.77. The first-order chi connectivity index (χ1) is 15.8. The number of allylic oxidation sites excluding steroid dienone is 1. The van der Waals surface area contributed by atoms with Gasteiger partial charge in [0.1, 0.15) is 16.0 Å². The van der Waals surface area contributed by atoms with Crippen LogP contribution < -0.4 is 0 Å². The van der Waals surface area contributed by atoms with Crippen molar-refractivity contribution in [3.63, 3.8) is 0 Å². The number of pyridine rings is 1. The zero-order valence-corrected chi connectivity index (χ0v) is 21.9. The van der Waals surface area contributed by atoms with E-state index in [1.807, 2.05) is 0 Å². The molecule has 2 fully saturated rings. The summed E-state index contributed by atoms with van der Waals surface area (Å²) in [5.74, 6) is -0.673. The van der Waals surface area contributed by atoms with Crippen molar-refractivity contribution < 1.29 is 23.5 Å². The van der Waals surface area contributed by atoms with Crippen LogP contribution in [0.5, 0.6) is 0 Å². The number of unbranched alkanes of at least 4 members (excludes halogenated alkanes) is 1. The van der Waals surface area contributed by atoms with E-state index in [-0.39, 0.29) is 29.6 Å². The van der Waals surface area contributed by atoms with E-state index < -0.39 is 23.6 Å². The highest BCUT2D eigenvalue weighted by Crippen LogP contribution is 2.60. The number of rotatable bonds is 9. The molecular weight excluding hydrogens is 505 g/mol. The number of amides is 2. The Morgan fingerprint density at radius 1 is 1.35 bits per heavy atom. The van der Waals surface area contributed by atoms with Crippen molar-refractivity contribution in [3.05, 3.63) is 40.9 Å². The second kappa shape index (κ2) is 10.1. The topological polar surface area (TPSA) is 79.8 Å². The molecule has 7 nitrogen and oxygen atoms in total. The predicted octanol–water partition coefficient (Wildman–Crippen LogP) is 4.68. The molecule has 0 aromatic carbocycles. The average molecular weight is 538 g/mol. The minimum Gasteiger partial charge on any atom is -0.444 e. The molecule has 0 N–H and O–H groups in total. The van der Waals surface area contributed by atoms with Gasteiger partial charge in [-0.05, 0) is 68.5 Å². The van der Waals surface area contributed by atoms with Crippen LogP contribution in [0.2, 0.25) is 0 Å². The van der Waals surface area contributed by atoms with Gasteiger partial charge in [0.05, 0.1) is 18.2 Å². The van der Waals surface area contributed by atoms with E-state index in [0.717, 1.165) is 12.8 Å². The van der Waals surface area contributed by atoms with Gasteiger partial charge >= 0.3 is 6.09 Å². The fourth-order valence-electron chi connectivity index (χ4n) is 4.76. The van der Waals surface area contributed by atoms with E-state index in [4.69, 9.17) is 4.74 Å². The molecule has 3 atom stereocenters. The standard InChI is InChI=1S/C25H33BrFN3O4/c1-6-7-8-9-22(32)29(5)15-25-13-18(19(31)12-17-10-16(27)11-21(26)28-17)30(20(25)14-25)23(33)34-24(2,3)4/h6,10-11,18,20H,1,7-9,12-15H2,2-5H3/t18-,20+,25-/m0/s1. The molecule has 1 saturated heterocycles. The minimum absolute atomic E-state index is 0.0364. The first kappa shape index (κ1) is 26.3. The fourth-order valence-corrected chi connectivity index (χ4v) is 5.21. The predicted molar refractivity (Wildman–Crippen MR) is 130 cm³/mol. The molecule has 0 unspecified atom stereocenters. The van der Waals surface area contributed by atoms with Crippen LogP contribution in [0.4, 0.5) is 9.18 Å².